The van der Waals surface area contributed by atoms with E-state index in [0.29, 0.717) is 5.75 Å². The van der Waals surface area contributed by atoms with E-state index in [1.165, 1.54) is 13.2 Å². The molecule has 80 valence electrons. The molecule has 4 N–H and O–H groups in total. The Morgan fingerprint density at radius 3 is 3.00 bits per heavy atom. The zero-order valence-electron chi connectivity index (χ0n) is 8.40. The first-order valence-corrected chi connectivity index (χ1v) is 4.24. The van der Waals surface area contributed by atoms with Gasteiger partial charge in [-0.15, -0.1) is 0 Å². The van der Waals surface area contributed by atoms with E-state index >= 15 is 0 Å². The number of methoxy groups -OCH3 is 1. The van der Waals surface area contributed by atoms with Crippen molar-refractivity contribution in [1.29, 1.82) is 0 Å². The molecule has 0 aliphatic carbocycles. The van der Waals surface area contributed by atoms with Gasteiger partial charge < -0.3 is 15.6 Å². The summed E-state index contributed by atoms with van der Waals surface area (Å²) in [5, 5.41) is 13.1. The number of nitrogens with one attached hydrogen (secondary N) is 1. The Morgan fingerprint density at radius 1 is 1.67 bits per heavy atom. The third kappa shape index (κ3) is 3.22. The summed E-state index contributed by atoms with van der Waals surface area (Å²) in [6.07, 6.45) is 1.54. The van der Waals surface area contributed by atoms with E-state index < -0.39 is 0 Å². The minimum atomic E-state index is 0.0887. The fourth-order valence-corrected chi connectivity index (χ4v) is 0.964. The molecule has 5 nitrogen and oxygen atoms in total. The monoisotopic (exact) mass is 207 g/mol. The van der Waals surface area contributed by atoms with Crippen LogP contribution in [0.4, 0.5) is 0 Å². The molecule has 0 heterocycles. The van der Waals surface area contributed by atoms with Crippen molar-refractivity contribution >= 4 is 6.21 Å². The molecule has 0 bridgehead atoms. The SMILES string of the molecule is C=C(N)N/N=C/c1ccc(O)c(OC)c1. The van der Waals surface area contributed by atoms with Gasteiger partial charge in [0.1, 0.15) is 5.82 Å². The normalized spacial score (nSPS) is 10.2. The van der Waals surface area contributed by atoms with Gasteiger partial charge in [-0.2, -0.15) is 5.10 Å². The van der Waals surface area contributed by atoms with Crippen molar-refractivity contribution in [2.75, 3.05) is 7.11 Å². The van der Waals surface area contributed by atoms with Crippen LogP contribution in [-0.2, 0) is 0 Å². The van der Waals surface area contributed by atoms with Crippen molar-refractivity contribution in [3.63, 3.8) is 0 Å². The topological polar surface area (TPSA) is 79.9 Å². The smallest absolute Gasteiger partial charge is 0.161 e. The summed E-state index contributed by atoms with van der Waals surface area (Å²) in [7, 11) is 1.48. The number of phenols is 1. The molecular formula is C10H13N3O2. The molecule has 0 fully saturated rings. The van der Waals surface area contributed by atoms with Crippen LogP contribution in [0.2, 0.25) is 0 Å². The number of benzene rings is 1. The number of phenolic OH excluding ortho intramolecular Hbond substituents is 1. The van der Waals surface area contributed by atoms with Crippen molar-refractivity contribution in [2.45, 2.75) is 0 Å². The maximum Gasteiger partial charge on any atom is 0.161 e. The van der Waals surface area contributed by atoms with Crippen molar-refractivity contribution in [3.05, 3.63) is 36.2 Å². The molecule has 1 aromatic rings. The summed E-state index contributed by atoms with van der Waals surface area (Å²) >= 11 is 0. The zero-order valence-corrected chi connectivity index (χ0v) is 8.40. The summed E-state index contributed by atoms with van der Waals surface area (Å²) in [6, 6.07) is 4.87. The number of rotatable bonds is 4. The number of aromatic hydroxyl groups is 1. The number of hydrogen-bond acceptors (Lipinski definition) is 5. The third-order valence-electron chi connectivity index (χ3n) is 1.63. The van der Waals surface area contributed by atoms with E-state index in [9.17, 15) is 5.11 Å². The van der Waals surface area contributed by atoms with Gasteiger partial charge in [0, 0.05) is 0 Å². The molecule has 0 unspecified atom stereocenters. The van der Waals surface area contributed by atoms with Crippen LogP contribution in [0.1, 0.15) is 5.56 Å². The zero-order chi connectivity index (χ0) is 11.3. The first-order chi connectivity index (χ1) is 7.13. The Bertz CT molecular complexity index is 388. The van der Waals surface area contributed by atoms with Crippen LogP contribution >= 0.6 is 0 Å². The van der Waals surface area contributed by atoms with Crippen LogP contribution in [0.15, 0.2) is 35.7 Å². The van der Waals surface area contributed by atoms with Crippen LogP contribution in [0.5, 0.6) is 11.5 Å². The second kappa shape index (κ2) is 4.90. The van der Waals surface area contributed by atoms with Crippen LogP contribution in [0.3, 0.4) is 0 Å². The molecule has 1 rings (SSSR count). The number of nitrogens with zero attached hydrogens (tertiary/aromatic N) is 1. The van der Waals surface area contributed by atoms with Crippen molar-refractivity contribution in [3.8, 4) is 11.5 Å². The van der Waals surface area contributed by atoms with E-state index in [4.69, 9.17) is 10.5 Å². The highest BCUT2D eigenvalue weighted by Gasteiger charge is 2.00. The largest absolute Gasteiger partial charge is 0.504 e. The second-order valence-corrected chi connectivity index (χ2v) is 2.83. The molecule has 15 heavy (non-hydrogen) atoms. The minimum absolute atomic E-state index is 0.0887. The molecular weight excluding hydrogens is 194 g/mol. The molecule has 0 aliphatic rings. The number of hydrazone groups is 1. The van der Waals surface area contributed by atoms with E-state index in [1.807, 2.05) is 0 Å². The predicted molar refractivity (Wildman–Crippen MR) is 58.7 cm³/mol. The quantitative estimate of drug-likeness (QED) is 0.503. The Kier molecular flexibility index (Phi) is 3.56. The number of nitrogens with two attached hydrogens (primary N) is 1. The molecule has 0 radical (unpaired) electrons. The molecule has 0 atom stereocenters. The van der Waals surface area contributed by atoms with Crippen LogP contribution < -0.4 is 15.9 Å². The summed E-state index contributed by atoms with van der Waals surface area (Å²) in [4.78, 5) is 0. The molecule has 0 spiro atoms. The molecule has 0 aliphatic heterocycles. The molecule has 5 heteroatoms. The average molecular weight is 207 g/mol. The molecule has 0 saturated carbocycles. The first kappa shape index (κ1) is 10.9. The summed E-state index contributed by atoms with van der Waals surface area (Å²) in [6.45, 7) is 3.42. The van der Waals surface area contributed by atoms with Gasteiger partial charge in [0.2, 0.25) is 0 Å². The fraction of sp³-hybridized carbons (Fsp3) is 0.100. The third-order valence-corrected chi connectivity index (χ3v) is 1.63. The van der Waals surface area contributed by atoms with E-state index in [0.717, 1.165) is 5.56 Å². The van der Waals surface area contributed by atoms with Gasteiger partial charge in [-0.3, -0.25) is 5.43 Å². The van der Waals surface area contributed by atoms with E-state index in [-0.39, 0.29) is 11.6 Å². The lowest BCUT2D eigenvalue weighted by Crippen LogP contribution is -2.12. The van der Waals surface area contributed by atoms with Crippen LogP contribution in [0, 0.1) is 0 Å². The first-order valence-electron chi connectivity index (χ1n) is 4.24. The lowest BCUT2D eigenvalue weighted by Gasteiger charge is -2.03. The summed E-state index contributed by atoms with van der Waals surface area (Å²) < 4.78 is 4.94. The highest BCUT2D eigenvalue weighted by atomic mass is 16.5. The Balaban J connectivity index is 2.78. The summed E-state index contributed by atoms with van der Waals surface area (Å²) in [5.41, 5.74) is 8.52. The Hall–Kier alpha value is -2.17. The van der Waals surface area contributed by atoms with Gasteiger partial charge in [0.15, 0.2) is 11.5 Å². The Labute approximate surface area is 87.9 Å². The highest BCUT2D eigenvalue weighted by Crippen LogP contribution is 2.25. The number of ether oxygens (including phenoxy) is 1. The van der Waals surface area contributed by atoms with Crippen molar-refractivity contribution in [1.82, 2.24) is 5.43 Å². The minimum Gasteiger partial charge on any atom is -0.504 e. The Morgan fingerprint density at radius 2 is 2.40 bits per heavy atom. The summed E-state index contributed by atoms with van der Waals surface area (Å²) in [5.74, 6) is 0.744. The van der Waals surface area contributed by atoms with Crippen LogP contribution in [0.25, 0.3) is 0 Å². The lowest BCUT2D eigenvalue weighted by atomic mass is 10.2. The maximum atomic E-state index is 9.33. The second-order valence-electron chi connectivity index (χ2n) is 2.83. The molecule has 1 aromatic carbocycles. The lowest BCUT2D eigenvalue weighted by molar-refractivity contribution is 0.373. The van der Waals surface area contributed by atoms with E-state index in [2.05, 4.69) is 17.1 Å². The van der Waals surface area contributed by atoms with Gasteiger partial charge >= 0.3 is 0 Å². The van der Waals surface area contributed by atoms with Crippen molar-refractivity contribution < 1.29 is 9.84 Å². The fourth-order valence-electron chi connectivity index (χ4n) is 0.964. The van der Waals surface area contributed by atoms with Gasteiger partial charge in [-0.1, -0.05) is 6.58 Å². The van der Waals surface area contributed by atoms with Gasteiger partial charge in [0.05, 0.1) is 13.3 Å². The van der Waals surface area contributed by atoms with Gasteiger partial charge in [0.25, 0.3) is 0 Å². The maximum absolute atomic E-state index is 9.33. The van der Waals surface area contributed by atoms with Crippen molar-refractivity contribution in [2.24, 2.45) is 10.8 Å². The van der Waals surface area contributed by atoms with Gasteiger partial charge in [-0.05, 0) is 23.8 Å². The number of hydrogen-bond donors (Lipinski definition) is 3. The highest BCUT2D eigenvalue weighted by molar-refractivity contribution is 5.80. The molecule has 0 aromatic heterocycles. The predicted octanol–water partition coefficient (Wildman–Crippen LogP) is 0.754. The molecule has 0 saturated heterocycles. The molecule has 0 amide bonds. The van der Waals surface area contributed by atoms with E-state index in [1.54, 1.807) is 18.3 Å². The average Bonchev–Trinajstić information content (AvgIpc) is 2.20. The van der Waals surface area contributed by atoms with Gasteiger partial charge in [-0.25, -0.2) is 0 Å². The van der Waals surface area contributed by atoms with Crippen LogP contribution in [-0.4, -0.2) is 18.4 Å². The standard InChI is InChI=1S/C10H13N3O2/c1-7(11)13-12-6-8-3-4-9(14)10(5-8)15-2/h3-6,13-14H,1,11H2,2H3/b12-6+.